The predicted octanol–water partition coefficient (Wildman–Crippen LogP) is 4.80. The van der Waals surface area contributed by atoms with E-state index < -0.39 is 5.97 Å². The van der Waals surface area contributed by atoms with E-state index in [9.17, 15) is 18.8 Å². The van der Waals surface area contributed by atoms with Gasteiger partial charge in [0.2, 0.25) is 0 Å². The van der Waals surface area contributed by atoms with E-state index in [1.54, 1.807) is 48.5 Å². The molecule has 0 spiro atoms. The minimum Gasteiger partial charge on any atom is -0.490 e. The number of aliphatic carboxylic acids is 1. The minimum absolute atomic E-state index is 0.0209. The number of carboxylic acid groups (broad SMARTS) is 1. The van der Waals surface area contributed by atoms with Crippen LogP contribution in [0.2, 0.25) is 0 Å². The summed E-state index contributed by atoms with van der Waals surface area (Å²) in [5.74, 6) is -0.299. The van der Waals surface area contributed by atoms with Crippen LogP contribution in [0.1, 0.15) is 46.4 Å². The van der Waals surface area contributed by atoms with Gasteiger partial charge in [-0.3, -0.25) is 14.4 Å². The van der Waals surface area contributed by atoms with E-state index in [4.69, 9.17) is 14.6 Å². The first kappa shape index (κ1) is 26.7. The van der Waals surface area contributed by atoms with E-state index in [1.807, 2.05) is 0 Å². The number of benzene rings is 3. The van der Waals surface area contributed by atoms with Crippen LogP contribution in [-0.4, -0.2) is 42.1 Å². The second-order valence-corrected chi connectivity index (χ2v) is 9.05. The van der Waals surface area contributed by atoms with Gasteiger partial charge in [-0.15, -0.1) is 0 Å². The lowest BCUT2D eigenvalue weighted by Gasteiger charge is -2.26. The van der Waals surface area contributed by atoms with Gasteiger partial charge < -0.3 is 25.2 Å². The summed E-state index contributed by atoms with van der Waals surface area (Å²) in [6.45, 7) is 0.500. The van der Waals surface area contributed by atoms with Crippen molar-refractivity contribution in [1.29, 1.82) is 0 Å². The summed E-state index contributed by atoms with van der Waals surface area (Å²) in [6.07, 6.45) is 2.58. The third kappa shape index (κ3) is 7.55. The van der Waals surface area contributed by atoms with E-state index in [2.05, 4.69) is 10.6 Å². The number of halogens is 1. The molecule has 2 amide bonds. The topological polar surface area (TPSA) is 114 Å². The molecule has 3 N–H and O–H groups in total. The van der Waals surface area contributed by atoms with E-state index in [1.165, 1.54) is 24.3 Å². The average molecular weight is 521 g/mol. The highest BCUT2D eigenvalue weighted by Gasteiger charge is 2.26. The molecule has 0 atom stereocenters. The Kier molecular flexibility index (Phi) is 8.92. The second-order valence-electron chi connectivity index (χ2n) is 9.05. The van der Waals surface area contributed by atoms with Gasteiger partial charge >= 0.3 is 5.97 Å². The zero-order valence-electron chi connectivity index (χ0n) is 20.7. The predicted molar refractivity (Wildman–Crippen MR) is 138 cm³/mol. The Hall–Kier alpha value is -4.40. The number of hydrogen-bond donors (Lipinski definition) is 3. The van der Waals surface area contributed by atoms with Crippen molar-refractivity contribution < 1.29 is 33.4 Å². The zero-order valence-corrected chi connectivity index (χ0v) is 20.7. The Bertz CT molecular complexity index is 1240. The lowest BCUT2D eigenvalue weighted by molar-refractivity contribution is -0.143. The van der Waals surface area contributed by atoms with Gasteiger partial charge in [0.15, 0.2) is 0 Å². The first-order valence-electron chi connectivity index (χ1n) is 12.5. The molecule has 1 saturated carbocycles. The lowest BCUT2D eigenvalue weighted by atomic mass is 9.87. The molecule has 3 aromatic rings. The fourth-order valence-corrected chi connectivity index (χ4v) is 4.17. The maximum atomic E-state index is 13.0. The van der Waals surface area contributed by atoms with Crippen LogP contribution in [0, 0.1) is 11.7 Å². The van der Waals surface area contributed by atoms with Gasteiger partial charge in [0.05, 0.1) is 12.0 Å². The second kappa shape index (κ2) is 12.7. The van der Waals surface area contributed by atoms with Crippen LogP contribution in [0.4, 0.5) is 4.39 Å². The summed E-state index contributed by atoms with van der Waals surface area (Å²) >= 11 is 0. The van der Waals surface area contributed by atoms with Gasteiger partial charge in [0, 0.05) is 24.2 Å². The van der Waals surface area contributed by atoms with Crippen LogP contribution in [0.3, 0.4) is 0 Å². The molecular formula is C29H29FN2O6. The molecule has 9 heteroatoms. The lowest BCUT2D eigenvalue weighted by Crippen LogP contribution is -2.34. The third-order valence-corrected chi connectivity index (χ3v) is 6.30. The Morgan fingerprint density at radius 3 is 1.63 bits per heavy atom. The van der Waals surface area contributed by atoms with Crippen molar-refractivity contribution in [2.24, 2.45) is 5.92 Å². The van der Waals surface area contributed by atoms with Crippen molar-refractivity contribution >= 4 is 17.8 Å². The highest BCUT2D eigenvalue weighted by Crippen LogP contribution is 2.28. The van der Waals surface area contributed by atoms with E-state index >= 15 is 0 Å². The van der Waals surface area contributed by atoms with Crippen molar-refractivity contribution in [3.05, 3.63) is 89.7 Å². The number of rotatable bonds is 10. The van der Waals surface area contributed by atoms with Gasteiger partial charge in [-0.1, -0.05) is 0 Å². The number of carbonyl (C=O) groups is 3. The monoisotopic (exact) mass is 520 g/mol. The third-order valence-electron chi connectivity index (χ3n) is 6.30. The van der Waals surface area contributed by atoms with Crippen LogP contribution in [0.15, 0.2) is 72.8 Å². The Morgan fingerprint density at radius 1 is 0.711 bits per heavy atom. The molecule has 0 radical (unpaired) electrons. The molecule has 0 unspecified atom stereocenters. The van der Waals surface area contributed by atoms with Crippen molar-refractivity contribution in [2.75, 3.05) is 13.1 Å². The molecule has 0 aliphatic heterocycles. The normalized spacial score (nSPS) is 16.8. The molecular weight excluding hydrogens is 491 g/mol. The van der Waals surface area contributed by atoms with Crippen molar-refractivity contribution in [3.63, 3.8) is 0 Å². The number of hydrogen-bond acceptors (Lipinski definition) is 5. The highest BCUT2D eigenvalue weighted by atomic mass is 19.1. The summed E-state index contributed by atoms with van der Waals surface area (Å²) in [6, 6.07) is 19.0. The molecule has 3 aromatic carbocycles. The molecule has 0 heterocycles. The Labute approximate surface area is 219 Å². The Balaban J connectivity index is 1.16. The van der Waals surface area contributed by atoms with Gasteiger partial charge in [-0.05, 0) is 98.5 Å². The van der Waals surface area contributed by atoms with E-state index in [0.29, 0.717) is 54.1 Å². The van der Waals surface area contributed by atoms with Crippen LogP contribution in [0.25, 0.3) is 0 Å². The highest BCUT2D eigenvalue weighted by molar-refractivity contribution is 5.95. The number of carbonyl (C=O) groups excluding carboxylic acids is 2. The number of ether oxygens (including phenoxy) is 2. The molecule has 1 aliphatic rings. The minimum atomic E-state index is -0.748. The molecule has 0 bridgehead atoms. The van der Waals surface area contributed by atoms with E-state index in [0.717, 1.165) is 0 Å². The van der Waals surface area contributed by atoms with Crippen molar-refractivity contribution in [1.82, 2.24) is 10.6 Å². The SMILES string of the molecule is O=C(NCCNC(=O)c1ccc(OC2CCC(C(=O)O)CC2)cc1)c1ccc(Oc2ccc(F)cc2)cc1. The fraction of sp³-hybridized carbons (Fsp3) is 0.276. The molecule has 198 valence electrons. The molecule has 38 heavy (non-hydrogen) atoms. The number of amides is 2. The summed E-state index contributed by atoms with van der Waals surface area (Å²) in [5, 5.41) is 14.6. The maximum absolute atomic E-state index is 13.0. The van der Waals surface area contributed by atoms with E-state index in [-0.39, 0.29) is 42.7 Å². The van der Waals surface area contributed by atoms with Crippen LogP contribution < -0.4 is 20.1 Å². The first-order chi connectivity index (χ1) is 18.4. The Morgan fingerprint density at radius 2 is 1.16 bits per heavy atom. The van der Waals surface area contributed by atoms with Crippen molar-refractivity contribution in [3.8, 4) is 17.2 Å². The van der Waals surface area contributed by atoms with Gasteiger partial charge in [-0.25, -0.2) is 4.39 Å². The molecule has 0 saturated heterocycles. The van der Waals surface area contributed by atoms with Crippen LogP contribution in [-0.2, 0) is 4.79 Å². The first-order valence-corrected chi connectivity index (χ1v) is 12.5. The van der Waals surface area contributed by atoms with Crippen molar-refractivity contribution in [2.45, 2.75) is 31.8 Å². The zero-order chi connectivity index (χ0) is 26.9. The molecule has 4 rings (SSSR count). The number of carboxylic acids is 1. The smallest absolute Gasteiger partial charge is 0.306 e. The molecule has 1 aliphatic carbocycles. The van der Waals surface area contributed by atoms with Crippen LogP contribution in [0.5, 0.6) is 17.2 Å². The van der Waals surface area contributed by atoms with Gasteiger partial charge in [0.1, 0.15) is 23.1 Å². The summed E-state index contributed by atoms with van der Waals surface area (Å²) in [4.78, 5) is 35.9. The largest absolute Gasteiger partial charge is 0.490 e. The molecule has 0 aromatic heterocycles. The summed E-state index contributed by atoms with van der Waals surface area (Å²) in [5.41, 5.74) is 0.907. The van der Waals surface area contributed by atoms with Crippen LogP contribution >= 0.6 is 0 Å². The summed E-state index contributed by atoms with van der Waals surface area (Å²) < 4.78 is 24.5. The molecule has 1 fully saturated rings. The average Bonchev–Trinajstić information content (AvgIpc) is 2.93. The molecule has 8 nitrogen and oxygen atoms in total. The number of nitrogens with one attached hydrogen (secondary N) is 2. The standard InChI is InChI=1S/C29H29FN2O6/c30-22-7-15-26(16-8-22)38-24-11-3-20(4-12-24)28(34)32-18-17-31-27(33)19-1-9-23(10-2-19)37-25-13-5-21(6-14-25)29(35)36/h1-4,7-12,15-16,21,25H,5-6,13-14,17-18H2,(H,31,33)(H,32,34)(H,35,36). The van der Waals surface area contributed by atoms with Gasteiger partial charge in [-0.2, -0.15) is 0 Å². The summed E-state index contributed by atoms with van der Waals surface area (Å²) in [7, 11) is 0. The van der Waals surface area contributed by atoms with Gasteiger partial charge in [0.25, 0.3) is 11.8 Å². The quantitative estimate of drug-likeness (QED) is 0.331. The maximum Gasteiger partial charge on any atom is 0.306 e. The fourth-order valence-electron chi connectivity index (χ4n) is 4.17.